The van der Waals surface area contributed by atoms with Crippen LogP contribution < -0.4 is 15.8 Å². The van der Waals surface area contributed by atoms with Gasteiger partial charge in [0.15, 0.2) is 11.5 Å². The van der Waals surface area contributed by atoms with Crippen LogP contribution in [0.2, 0.25) is 0 Å². The van der Waals surface area contributed by atoms with Crippen LogP contribution in [0.3, 0.4) is 0 Å². The monoisotopic (exact) mass is 925 g/mol. The molecular weight excluding hydrogens is 853 g/mol. The average Bonchev–Trinajstić information content (AvgIpc) is 4.16. The third-order valence-corrected chi connectivity index (χ3v) is 16.5. The molecule has 4 aliphatic carbocycles. The van der Waals surface area contributed by atoms with Gasteiger partial charge >= 0.3 is 0 Å². The summed E-state index contributed by atoms with van der Waals surface area (Å²) in [6, 6.07) is 20.2. The van der Waals surface area contributed by atoms with Crippen molar-refractivity contribution in [2.45, 2.75) is 134 Å². The highest BCUT2D eigenvalue weighted by atomic mass is 16.5. The zero-order valence-electron chi connectivity index (χ0n) is 39.6. The largest absolute Gasteiger partial charge is 0.504 e. The Balaban J connectivity index is 0.685. The Bertz CT molecular complexity index is 2700. The number of aromatic nitrogens is 2. The predicted octanol–water partition coefficient (Wildman–Crippen LogP) is 9.59. The number of phenolic OH excluding ortho intramolecular Hbond substituents is 1. The molecule has 2 fully saturated rings. The maximum atomic E-state index is 11.7. The lowest BCUT2D eigenvalue weighted by atomic mass is 9.67. The SMILES string of the molecule is C[C@H](O)CNC[C@@H]1c2cc([C@@H](O)COc3cc(CCc4cc(CO)c(CCCC[C@@H]5CC[C@@H]([C@H]6C=Cc7c(ccc8cc9[nH]ccc9cc78)[C@@H]6O)[C@H](N)C5)o4)ccc3O)[nH]c2CC[C@H]2CCC[C@@H]21. The number of phenols is 1. The summed E-state index contributed by atoms with van der Waals surface area (Å²) in [5, 5.41) is 60.9. The van der Waals surface area contributed by atoms with Crippen LogP contribution in [0.1, 0.15) is 140 Å². The van der Waals surface area contributed by atoms with Crippen LogP contribution in [0.25, 0.3) is 27.8 Å². The van der Waals surface area contributed by atoms with Crippen molar-refractivity contribution in [3.05, 3.63) is 124 Å². The van der Waals surface area contributed by atoms with Gasteiger partial charge in [-0.1, -0.05) is 62.5 Å². The van der Waals surface area contributed by atoms with Crippen molar-refractivity contribution >= 4 is 27.8 Å². The van der Waals surface area contributed by atoms with Crippen LogP contribution >= 0.6 is 0 Å². The molecule has 2 saturated carbocycles. The molecule has 3 heterocycles. The first-order valence-electron chi connectivity index (χ1n) is 25.7. The van der Waals surface area contributed by atoms with E-state index in [2.05, 4.69) is 63.8 Å². The number of fused-ring (bicyclic) bond motifs is 6. The molecule has 3 aromatic heterocycles. The van der Waals surface area contributed by atoms with Gasteiger partial charge in [0.1, 0.15) is 24.2 Å². The van der Waals surface area contributed by atoms with E-state index < -0.39 is 18.3 Å². The minimum Gasteiger partial charge on any atom is -0.504 e. The van der Waals surface area contributed by atoms with Crippen molar-refractivity contribution in [1.29, 1.82) is 0 Å². The van der Waals surface area contributed by atoms with E-state index in [1.54, 1.807) is 13.0 Å². The third-order valence-electron chi connectivity index (χ3n) is 16.5. The van der Waals surface area contributed by atoms with Crippen molar-refractivity contribution < 1.29 is 34.7 Å². The summed E-state index contributed by atoms with van der Waals surface area (Å²) in [5.41, 5.74) is 15.2. The van der Waals surface area contributed by atoms with Gasteiger partial charge in [-0.2, -0.15) is 0 Å². The molecule has 4 aliphatic rings. The molecule has 11 nitrogen and oxygen atoms in total. The smallest absolute Gasteiger partial charge is 0.161 e. The molecule has 362 valence electrons. The number of nitrogens with two attached hydrogens (primary N) is 1. The number of aromatic hydroxyl groups is 1. The van der Waals surface area contributed by atoms with E-state index in [1.807, 2.05) is 24.4 Å². The summed E-state index contributed by atoms with van der Waals surface area (Å²) in [7, 11) is 0. The molecule has 0 bridgehead atoms. The van der Waals surface area contributed by atoms with Crippen LogP contribution in [0, 0.1) is 29.6 Å². The third kappa shape index (κ3) is 9.93. The molecule has 0 spiro atoms. The fourth-order valence-corrected chi connectivity index (χ4v) is 12.9. The Morgan fingerprint density at radius 1 is 0.912 bits per heavy atom. The topological polar surface area (TPSA) is 193 Å². The number of ether oxygens (including phenoxy) is 1. The molecule has 0 unspecified atom stereocenters. The van der Waals surface area contributed by atoms with Gasteiger partial charge in [0.2, 0.25) is 0 Å². The quantitative estimate of drug-likeness (QED) is 0.0378. The second kappa shape index (κ2) is 20.6. The Morgan fingerprint density at radius 3 is 2.66 bits per heavy atom. The summed E-state index contributed by atoms with van der Waals surface area (Å²) in [6.45, 7) is 3.10. The highest BCUT2D eigenvalue weighted by molar-refractivity contribution is 6.01. The minimum absolute atomic E-state index is 0.00325. The molecule has 68 heavy (non-hydrogen) atoms. The van der Waals surface area contributed by atoms with Crippen molar-refractivity contribution in [1.82, 2.24) is 15.3 Å². The van der Waals surface area contributed by atoms with Gasteiger partial charge < -0.3 is 55.7 Å². The number of aliphatic hydroxyl groups excluding tert-OH is 4. The van der Waals surface area contributed by atoms with E-state index in [9.17, 15) is 25.5 Å². The first-order chi connectivity index (χ1) is 33.1. The summed E-state index contributed by atoms with van der Waals surface area (Å²) < 4.78 is 12.4. The summed E-state index contributed by atoms with van der Waals surface area (Å²) >= 11 is 0. The number of unbranched alkanes of at least 4 members (excludes halogenated alkanes) is 1. The number of benzene rings is 3. The maximum Gasteiger partial charge on any atom is 0.161 e. The molecular formula is C57H72N4O7. The van der Waals surface area contributed by atoms with Gasteiger partial charge in [-0.15, -0.1) is 0 Å². The normalized spacial score (nSPS) is 25.6. The summed E-state index contributed by atoms with van der Waals surface area (Å²) in [5.74, 6) is 4.49. The molecule has 0 amide bonds. The first-order valence-corrected chi connectivity index (χ1v) is 25.7. The maximum absolute atomic E-state index is 11.7. The average molecular weight is 925 g/mol. The van der Waals surface area contributed by atoms with E-state index in [4.69, 9.17) is 14.9 Å². The van der Waals surface area contributed by atoms with Gasteiger partial charge in [-0.05, 0) is 151 Å². The number of rotatable bonds is 18. The van der Waals surface area contributed by atoms with E-state index >= 15 is 0 Å². The molecule has 3 aromatic carbocycles. The molecule has 10 N–H and O–H groups in total. The molecule has 6 aromatic rings. The Hall–Kier alpha value is -4.88. The lowest BCUT2D eigenvalue weighted by Crippen LogP contribution is -2.42. The van der Waals surface area contributed by atoms with Crippen molar-refractivity contribution in [2.75, 3.05) is 19.7 Å². The van der Waals surface area contributed by atoms with Gasteiger partial charge in [0.25, 0.3) is 0 Å². The molecule has 10 atom stereocenters. The predicted molar refractivity (Wildman–Crippen MR) is 267 cm³/mol. The highest BCUT2D eigenvalue weighted by Gasteiger charge is 2.40. The van der Waals surface area contributed by atoms with Crippen LogP contribution in [0.4, 0.5) is 0 Å². The van der Waals surface area contributed by atoms with Crippen LogP contribution in [-0.2, 0) is 32.3 Å². The van der Waals surface area contributed by atoms with E-state index in [-0.39, 0.29) is 36.8 Å². The number of aryl methyl sites for hydroxylation is 4. The van der Waals surface area contributed by atoms with Crippen LogP contribution in [0.15, 0.2) is 77.4 Å². The van der Waals surface area contributed by atoms with Gasteiger partial charge in [0.05, 0.1) is 18.8 Å². The zero-order valence-corrected chi connectivity index (χ0v) is 39.6. The van der Waals surface area contributed by atoms with Crippen molar-refractivity contribution in [3.8, 4) is 11.5 Å². The Morgan fingerprint density at radius 2 is 1.81 bits per heavy atom. The second-order valence-electron chi connectivity index (χ2n) is 21.0. The standard InChI is InChI=1S/C57H72N4O7/c1-33(63)29-59-30-48-41-7-4-6-36(41)13-19-50-47(48)28-52(61-50)54(65)32-67-56-24-35(11-20-53(56)64)9-14-40-25-39(31-62)55(68-40)8-3-2-5-34-10-15-43(49(58)23-34)45-18-17-42-44(57(45)66)16-12-37-27-51-38(21-22-60-51)26-46(37)42/h11-12,16-18,20-22,24-28,33-34,36,41,43,45,48-49,54,57,59-66H,2-10,13-15,19,23,29-32,58H2,1H3/t33-,34+,36+,41-,43-,45+,48-,49+,54-,57-/m0/s1. The number of nitrogens with one attached hydrogen (secondary N) is 3. The van der Waals surface area contributed by atoms with E-state index in [1.165, 1.54) is 46.7 Å². The number of hydrogen-bond acceptors (Lipinski definition) is 9. The lowest BCUT2D eigenvalue weighted by Gasteiger charge is -2.41. The fraction of sp³-hybridized carbons (Fsp3) is 0.509. The molecule has 0 saturated heterocycles. The first kappa shape index (κ1) is 46.8. The highest BCUT2D eigenvalue weighted by Crippen LogP contribution is 2.48. The van der Waals surface area contributed by atoms with Gasteiger partial charge in [0, 0.05) is 77.9 Å². The number of furan rings is 1. The molecule has 0 aliphatic heterocycles. The molecule has 0 radical (unpaired) electrons. The van der Waals surface area contributed by atoms with E-state index in [0.717, 1.165) is 109 Å². The zero-order chi connectivity index (χ0) is 46.9. The fourth-order valence-electron chi connectivity index (χ4n) is 12.9. The molecule has 10 rings (SSSR count). The number of H-pyrrole nitrogens is 2. The second-order valence-corrected chi connectivity index (χ2v) is 21.0. The number of aliphatic hydroxyl groups is 4. The van der Waals surface area contributed by atoms with Crippen LogP contribution in [0.5, 0.6) is 11.5 Å². The Labute approximate surface area is 400 Å². The Kier molecular flexibility index (Phi) is 14.2. The van der Waals surface area contributed by atoms with Crippen molar-refractivity contribution in [3.63, 3.8) is 0 Å². The summed E-state index contributed by atoms with van der Waals surface area (Å²) in [6.07, 6.45) is 18.7. The lowest BCUT2D eigenvalue weighted by molar-refractivity contribution is 0.0653. The minimum atomic E-state index is -0.890. The van der Waals surface area contributed by atoms with E-state index in [0.29, 0.717) is 48.8 Å². The summed E-state index contributed by atoms with van der Waals surface area (Å²) in [4.78, 5) is 6.85. The number of aromatic amines is 2. The van der Waals surface area contributed by atoms with Gasteiger partial charge in [-0.3, -0.25) is 0 Å². The van der Waals surface area contributed by atoms with Crippen LogP contribution in [-0.4, -0.2) is 67.3 Å². The van der Waals surface area contributed by atoms with Gasteiger partial charge in [-0.25, -0.2) is 0 Å². The van der Waals surface area contributed by atoms with Crippen molar-refractivity contribution in [2.24, 2.45) is 35.3 Å². The molecule has 11 heteroatoms. The number of hydrogen-bond donors (Lipinski definition) is 9.